The lowest BCUT2D eigenvalue weighted by atomic mass is 9.93. The Kier molecular flexibility index (Phi) is 5.86. The van der Waals surface area contributed by atoms with Crippen LogP contribution in [0.1, 0.15) is 31.2 Å². The molecule has 0 unspecified atom stereocenters. The topological polar surface area (TPSA) is 46.3 Å². The maximum atomic E-state index is 10.9. The first-order chi connectivity index (χ1) is 9.63. The number of carbonyl (C=O) groups excluding carboxylic acids is 1. The molecule has 3 nitrogen and oxygen atoms in total. The molecule has 1 aliphatic heterocycles. The van der Waals surface area contributed by atoms with E-state index in [1.807, 2.05) is 12.1 Å². The number of piperidine rings is 1. The molecule has 1 aromatic rings. The minimum Gasteiger partial charge on any atom is -0.370 e. The first-order valence-electron chi connectivity index (χ1n) is 7.38. The van der Waals surface area contributed by atoms with Crippen molar-refractivity contribution in [3.05, 3.63) is 34.9 Å². The summed E-state index contributed by atoms with van der Waals surface area (Å²) in [7, 11) is 0. The number of carbonyl (C=O) groups is 1. The Morgan fingerprint density at radius 3 is 2.50 bits per heavy atom. The molecular weight excluding hydrogens is 272 g/mol. The highest BCUT2D eigenvalue weighted by Gasteiger charge is 2.20. The summed E-state index contributed by atoms with van der Waals surface area (Å²) in [6, 6.07) is 8.10. The van der Waals surface area contributed by atoms with Crippen LogP contribution in [0.4, 0.5) is 0 Å². The number of amides is 1. The number of hydrogen-bond acceptors (Lipinski definition) is 2. The monoisotopic (exact) mass is 294 g/mol. The average Bonchev–Trinajstić information content (AvgIpc) is 2.42. The zero-order valence-corrected chi connectivity index (χ0v) is 12.6. The molecule has 4 heteroatoms. The molecule has 0 radical (unpaired) electrons. The average molecular weight is 295 g/mol. The van der Waals surface area contributed by atoms with Gasteiger partial charge < -0.3 is 10.6 Å². The zero-order chi connectivity index (χ0) is 14.4. The smallest absolute Gasteiger partial charge is 0.217 e. The van der Waals surface area contributed by atoms with Crippen molar-refractivity contribution in [2.24, 2.45) is 11.7 Å². The summed E-state index contributed by atoms with van der Waals surface area (Å²) in [6.45, 7) is 3.32. The van der Waals surface area contributed by atoms with Gasteiger partial charge in [-0.15, -0.1) is 0 Å². The number of likely N-dealkylation sites (tertiary alicyclic amines) is 1. The molecule has 0 spiro atoms. The summed E-state index contributed by atoms with van der Waals surface area (Å²) in [6.07, 6.45) is 5.02. The lowest BCUT2D eigenvalue weighted by molar-refractivity contribution is -0.119. The second-order valence-corrected chi connectivity index (χ2v) is 6.12. The first-order valence-corrected chi connectivity index (χ1v) is 7.76. The standard InChI is InChI=1S/C16H23ClN2O/c17-15-5-3-13(4-6-15)2-1-9-19-10-7-14(8-11-19)12-16(18)20/h3-6,14H,1-2,7-12H2,(H2,18,20). The molecule has 0 atom stereocenters. The molecule has 0 bridgehead atoms. The van der Waals surface area contributed by atoms with Gasteiger partial charge in [0.15, 0.2) is 0 Å². The fourth-order valence-electron chi connectivity index (χ4n) is 2.86. The van der Waals surface area contributed by atoms with E-state index in [1.165, 1.54) is 12.0 Å². The van der Waals surface area contributed by atoms with Crippen LogP contribution in [-0.4, -0.2) is 30.4 Å². The van der Waals surface area contributed by atoms with Gasteiger partial charge in [-0.25, -0.2) is 0 Å². The number of rotatable bonds is 6. The molecule has 20 heavy (non-hydrogen) atoms. The van der Waals surface area contributed by atoms with Crippen molar-refractivity contribution >= 4 is 17.5 Å². The third-order valence-electron chi connectivity index (χ3n) is 4.05. The van der Waals surface area contributed by atoms with Crippen molar-refractivity contribution in [2.45, 2.75) is 32.1 Å². The third-order valence-corrected chi connectivity index (χ3v) is 4.30. The number of hydrogen-bond donors (Lipinski definition) is 1. The molecule has 1 fully saturated rings. The van der Waals surface area contributed by atoms with Gasteiger partial charge in [-0.1, -0.05) is 23.7 Å². The number of halogens is 1. The van der Waals surface area contributed by atoms with E-state index in [-0.39, 0.29) is 5.91 Å². The van der Waals surface area contributed by atoms with Crippen LogP contribution in [0.2, 0.25) is 5.02 Å². The Morgan fingerprint density at radius 1 is 1.25 bits per heavy atom. The van der Waals surface area contributed by atoms with Crippen molar-refractivity contribution in [1.29, 1.82) is 0 Å². The number of nitrogens with zero attached hydrogens (tertiary/aromatic N) is 1. The fraction of sp³-hybridized carbons (Fsp3) is 0.562. The molecule has 2 rings (SSSR count). The molecule has 0 aliphatic carbocycles. The van der Waals surface area contributed by atoms with Crippen molar-refractivity contribution in [3.63, 3.8) is 0 Å². The Hall–Kier alpha value is -1.06. The van der Waals surface area contributed by atoms with Crippen LogP contribution in [-0.2, 0) is 11.2 Å². The lowest BCUT2D eigenvalue weighted by Gasteiger charge is -2.31. The van der Waals surface area contributed by atoms with Crippen LogP contribution in [0.25, 0.3) is 0 Å². The Balaban J connectivity index is 1.63. The summed E-state index contributed by atoms with van der Waals surface area (Å²) >= 11 is 5.88. The Morgan fingerprint density at radius 2 is 1.90 bits per heavy atom. The molecule has 1 saturated heterocycles. The minimum absolute atomic E-state index is 0.161. The Bertz CT molecular complexity index is 425. The number of primary amides is 1. The summed E-state index contributed by atoms with van der Waals surface area (Å²) in [5.41, 5.74) is 6.60. The highest BCUT2D eigenvalue weighted by molar-refractivity contribution is 6.30. The predicted molar refractivity (Wildman–Crippen MR) is 82.7 cm³/mol. The van der Waals surface area contributed by atoms with Gasteiger partial charge in [0.1, 0.15) is 0 Å². The van der Waals surface area contributed by atoms with Gasteiger partial charge in [0, 0.05) is 11.4 Å². The molecule has 1 amide bonds. The molecule has 0 saturated carbocycles. The molecule has 2 N–H and O–H groups in total. The summed E-state index contributed by atoms with van der Waals surface area (Å²) in [5.74, 6) is 0.339. The maximum absolute atomic E-state index is 10.9. The van der Waals surface area contributed by atoms with Crippen molar-refractivity contribution < 1.29 is 4.79 Å². The second-order valence-electron chi connectivity index (χ2n) is 5.69. The van der Waals surface area contributed by atoms with Crippen molar-refractivity contribution in [1.82, 2.24) is 4.90 Å². The molecule has 1 aromatic carbocycles. The van der Waals surface area contributed by atoms with Crippen molar-refractivity contribution in [2.75, 3.05) is 19.6 Å². The van der Waals surface area contributed by atoms with E-state index in [4.69, 9.17) is 17.3 Å². The van der Waals surface area contributed by atoms with Gasteiger partial charge in [0.2, 0.25) is 5.91 Å². The largest absolute Gasteiger partial charge is 0.370 e. The zero-order valence-electron chi connectivity index (χ0n) is 11.9. The minimum atomic E-state index is -0.161. The van der Waals surface area contributed by atoms with Crippen LogP contribution in [0.15, 0.2) is 24.3 Å². The van der Waals surface area contributed by atoms with E-state index in [0.29, 0.717) is 12.3 Å². The molecule has 1 aliphatic rings. The van der Waals surface area contributed by atoms with Gasteiger partial charge in [0.25, 0.3) is 0 Å². The Labute approximate surface area is 126 Å². The van der Waals surface area contributed by atoms with Crippen LogP contribution < -0.4 is 5.73 Å². The summed E-state index contributed by atoms with van der Waals surface area (Å²) in [5, 5.41) is 0.797. The van der Waals surface area contributed by atoms with Crippen LogP contribution in [0.3, 0.4) is 0 Å². The van der Waals surface area contributed by atoms with E-state index in [9.17, 15) is 4.79 Å². The SMILES string of the molecule is NC(=O)CC1CCN(CCCc2ccc(Cl)cc2)CC1. The predicted octanol–water partition coefficient (Wildman–Crippen LogP) is 2.86. The van der Waals surface area contributed by atoms with Crippen LogP contribution in [0, 0.1) is 5.92 Å². The van der Waals surface area contributed by atoms with Crippen LogP contribution in [0.5, 0.6) is 0 Å². The molecule has 110 valence electrons. The third kappa shape index (κ3) is 5.14. The van der Waals surface area contributed by atoms with Gasteiger partial charge in [-0.3, -0.25) is 4.79 Å². The number of nitrogens with two attached hydrogens (primary N) is 1. The van der Waals surface area contributed by atoms with E-state index in [0.717, 1.165) is 43.9 Å². The van der Waals surface area contributed by atoms with Gasteiger partial charge >= 0.3 is 0 Å². The van der Waals surface area contributed by atoms with Gasteiger partial charge in [-0.2, -0.15) is 0 Å². The highest BCUT2D eigenvalue weighted by atomic mass is 35.5. The number of aryl methyl sites for hydroxylation is 1. The van der Waals surface area contributed by atoms with E-state index in [1.54, 1.807) is 0 Å². The second kappa shape index (κ2) is 7.65. The van der Waals surface area contributed by atoms with E-state index < -0.39 is 0 Å². The highest BCUT2D eigenvalue weighted by Crippen LogP contribution is 2.20. The van der Waals surface area contributed by atoms with E-state index >= 15 is 0 Å². The van der Waals surface area contributed by atoms with Crippen LogP contribution >= 0.6 is 11.6 Å². The maximum Gasteiger partial charge on any atom is 0.217 e. The quantitative estimate of drug-likeness (QED) is 0.877. The van der Waals surface area contributed by atoms with Gasteiger partial charge in [-0.05, 0) is 68.9 Å². The summed E-state index contributed by atoms with van der Waals surface area (Å²) < 4.78 is 0. The molecule has 1 heterocycles. The normalized spacial score (nSPS) is 17.2. The number of benzene rings is 1. The summed E-state index contributed by atoms with van der Waals surface area (Å²) in [4.78, 5) is 13.4. The fourth-order valence-corrected chi connectivity index (χ4v) is 2.98. The van der Waals surface area contributed by atoms with E-state index in [2.05, 4.69) is 17.0 Å². The first kappa shape index (κ1) is 15.3. The van der Waals surface area contributed by atoms with Crippen molar-refractivity contribution in [3.8, 4) is 0 Å². The molecule has 0 aromatic heterocycles. The molecular formula is C16H23ClN2O. The van der Waals surface area contributed by atoms with Gasteiger partial charge in [0.05, 0.1) is 0 Å². The lowest BCUT2D eigenvalue weighted by Crippen LogP contribution is -2.35.